The number of non-ortho nitro benzene ring substituents is 1. The summed E-state index contributed by atoms with van der Waals surface area (Å²) in [6.07, 6.45) is 0. The van der Waals surface area contributed by atoms with Gasteiger partial charge < -0.3 is 10.6 Å². The summed E-state index contributed by atoms with van der Waals surface area (Å²) in [6, 6.07) is 2.94. The van der Waals surface area contributed by atoms with Gasteiger partial charge >= 0.3 is 0 Å². The van der Waals surface area contributed by atoms with E-state index in [2.05, 4.69) is 20.8 Å². The van der Waals surface area contributed by atoms with Gasteiger partial charge in [0.25, 0.3) is 11.6 Å². The lowest BCUT2D eigenvalue weighted by atomic mass is 10.2. The third kappa shape index (κ3) is 2.85. The Labute approximate surface area is 115 Å². The number of carbonyl (C=O) groups is 1. The van der Waals surface area contributed by atoms with Gasteiger partial charge in [0.05, 0.1) is 16.7 Å². The second kappa shape index (κ2) is 5.57. The SMILES string of the molecule is CNc1nnc(C(=O)Nc2ccc([N+](=O)[O-])cc2F)s1. The summed E-state index contributed by atoms with van der Waals surface area (Å²) in [5.41, 5.74) is -0.560. The molecule has 1 aromatic carbocycles. The van der Waals surface area contributed by atoms with Crippen molar-refractivity contribution in [3.05, 3.63) is 39.1 Å². The Morgan fingerprint density at radius 3 is 2.75 bits per heavy atom. The molecule has 0 spiro atoms. The zero-order chi connectivity index (χ0) is 14.7. The highest BCUT2D eigenvalue weighted by molar-refractivity contribution is 7.17. The molecule has 0 atom stereocenters. The van der Waals surface area contributed by atoms with Crippen LogP contribution in [0.1, 0.15) is 9.80 Å². The monoisotopic (exact) mass is 297 g/mol. The molecule has 1 amide bonds. The molecule has 8 nitrogen and oxygen atoms in total. The number of anilines is 2. The zero-order valence-corrected chi connectivity index (χ0v) is 10.9. The summed E-state index contributed by atoms with van der Waals surface area (Å²) >= 11 is 0.998. The quantitative estimate of drug-likeness (QED) is 0.658. The van der Waals surface area contributed by atoms with Crippen LogP contribution in [0, 0.1) is 15.9 Å². The van der Waals surface area contributed by atoms with Gasteiger partial charge in [0.1, 0.15) is 0 Å². The number of nitrogens with one attached hydrogen (secondary N) is 2. The number of rotatable bonds is 4. The van der Waals surface area contributed by atoms with Gasteiger partial charge in [-0.1, -0.05) is 11.3 Å². The first kappa shape index (κ1) is 13.8. The van der Waals surface area contributed by atoms with Gasteiger partial charge in [0, 0.05) is 13.1 Å². The molecule has 10 heteroatoms. The van der Waals surface area contributed by atoms with Crippen molar-refractivity contribution >= 4 is 33.8 Å². The molecule has 0 aliphatic rings. The van der Waals surface area contributed by atoms with E-state index in [0.717, 1.165) is 29.5 Å². The summed E-state index contributed by atoms with van der Waals surface area (Å²) in [7, 11) is 1.62. The molecule has 0 bridgehead atoms. The Morgan fingerprint density at radius 2 is 2.20 bits per heavy atom. The molecular formula is C10H8FN5O3S. The Morgan fingerprint density at radius 1 is 1.45 bits per heavy atom. The number of halogens is 1. The van der Waals surface area contributed by atoms with Crippen LogP contribution in [0.5, 0.6) is 0 Å². The van der Waals surface area contributed by atoms with Crippen LogP contribution in [0.25, 0.3) is 0 Å². The molecule has 0 fully saturated rings. The first-order valence-corrected chi connectivity index (χ1v) is 6.09. The van der Waals surface area contributed by atoms with Crippen LogP contribution in [0.2, 0.25) is 0 Å². The molecule has 20 heavy (non-hydrogen) atoms. The first-order valence-electron chi connectivity index (χ1n) is 5.28. The number of amides is 1. The van der Waals surface area contributed by atoms with Gasteiger partial charge in [-0.25, -0.2) is 4.39 Å². The number of hydrogen-bond acceptors (Lipinski definition) is 7. The largest absolute Gasteiger partial charge is 0.363 e. The van der Waals surface area contributed by atoms with Crippen molar-refractivity contribution in [2.24, 2.45) is 0 Å². The van der Waals surface area contributed by atoms with Gasteiger partial charge in [-0.15, -0.1) is 10.2 Å². The molecule has 2 rings (SSSR count). The van der Waals surface area contributed by atoms with E-state index in [0.29, 0.717) is 5.13 Å². The molecule has 0 radical (unpaired) electrons. The number of nitrogens with zero attached hydrogens (tertiary/aromatic N) is 3. The zero-order valence-electron chi connectivity index (χ0n) is 10.1. The van der Waals surface area contributed by atoms with Gasteiger partial charge in [-0.2, -0.15) is 0 Å². The molecule has 0 unspecified atom stereocenters. The Kier molecular flexibility index (Phi) is 3.84. The minimum atomic E-state index is -0.897. The summed E-state index contributed by atoms with van der Waals surface area (Å²) in [6.45, 7) is 0. The minimum absolute atomic E-state index is 0.0482. The van der Waals surface area contributed by atoms with Crippen LogP contribution in [0.15, 0.2) is 18.2 Å². The van der Waals surface area contributed by atoms with Crippen LogP contribution < -0.4 is 10.6 Å². The molecular weight excluding hydrogens is 289 g/mol. The van der Waals surface area contributed by atoms with Crippen LogP contribution in [-0.4, -0.2) is 28.1 Å². The fourth-order valence-electron chi connectivity index (χ4n) is 1.31. The maximum Gasteiger partial charge on any atom is 0.286 e. The van der Waals surface area contributed by atoms with Gasteiger partial charge in [-0.05, 0) is 6.07 Å². The van der Waals surface area contributed by atoms with E-state index in [1.165, 1.54) is 0 Å². The summed E-state index contributed by atoms with van der Waals surface area (Å²) < 4.78 is 13.6. The van der Waals surface area contributed by atoms with E-state index in [-0.39, 0.29) is 10.7 Å². The van der Waals surface area contributed by atoms with Crippen molar-refractivity contribution in [2.45, 2.75) is 0 Å². The topological polar surface area (TPSA) is 110 Å². The van der Waals surface area contributed by atoms with Crippen LogP contribution in [0.3, 0.4) is 0 Å². The normalized spacial score (nSPS) is 10.1. The second-order valence-corrected chi connectivity index (χ2v) is 4.52. The molecule has 0 aliphatic heterocycles. The third-order valence-electron chi connectivity index (χ3n) is 2.24. The molecule has 0 saturated carbocycles. The summed E-state index contributed by atoms with van der Waals surface area (Å²) in [5.74, 6) is -1.54. The van der Waals surface area contributed by atoms with Gasteiger partial charge in [0.15, 0.2) is 5.82 Å². The molecule has 104 valence electrons. The summed E-state index contributed by atoms with van der Waals surface area (Å²) in [4.78, 5) is 21.5. The van der Waals surface area contributed by atoms with Gasteiger partial charge in [-0.3, -0.25) is 14.9 Å². The number of nitro groups is 1. The molecule has 0 saturated heterocycles. The first-order chi connectivity index (χ1) is 9.51. The van der Waals surface area contributed by atoms with Gasteiger partial charge in [0.2, 0.25) is 10.1 Å². The van der Waals surface area contributed by atoms with Crippen LogP contribution in [0.4, 0.5) is 20.9 Å². The number of carbonyl (C=O) groups excluding carboxylic acids is 1. The fraction of sp³-hybridized carbons (Fsp3) is 0.100. The molecule has 0 aliphatic carbocycles. The van der Waals surface area contributed by atoms with Crippen molar-refractivity contribution in [1.29, 1.82) is 0 Å². The fourth-order valence-corrected chi connectivity index (χ4v) is 1.90. The van der Waals surface area contributed by atoms with E-state index >= 15 is 0 Å². The second-order valence-electron chi connectivity index (χ2n) is 3.54. The van der Waals surface area contributed by atoms with Crippen molar-refractivity contribution in [1.82, 2.24) is 10.2 Å². The maximum absolute atomic E-state index is 13.6. The maximum atomic E-state index is 13.6. The Bertz CT molecular complexity index is 675. The van der Waals surface area contributed by atoms with Crippen molar-refractivity contribution in [2.75, 3.05) is 17.7 Å². The van der Waals surface area contributed by atoms with E-state index < -0.39 is 22.3 Å². The molecule has 2 N–H and O–H groups in total. The number of aromatic nitrogens is 2. The lowest BCUT2D eigenvalue weighted by Gasteiger charge is -2.03. The van der Waals surface area contributed by atoms with E-state index in [1.54, 1.807) is 7.05 Å². The number of nitro benzene ring substituents is 1. The van der Waals surface area contributed by atoms with E-state index in [9.17, 15) is 19.3 Å². The Balaban J connectivity index is 2.17. The smallest absolute Gasteiger partial charge is 0.286 e. The van der Waals surface area contributed by atoms with Crippen LogP contribution in [-0.2, 0) is 0 Å². The third-order valence-corrected chi connectivity index (χ3v) is 3.18. The molecule has 1 aromatic heterocycles. The average molecular weight is 297 g/mol. The van der Waals surface area contributed by atoms with E-state index in [1.807, 2.05) is 0 Å². The highest BCUT2D eigenvalue weighted by Crippen LogP contribution is 2.22. The van der Waals surface area contributed by atoms with Crippen molar-refractivity contribution in [3.63, 3.8) is 0 Å². The van der Waals surface area contributed by atoms with Crippen LogP contribution >= 0.6 is 11.3 Å². The highest BCUT2D eigenvalue weighted by Gasteiger charge is 2.16. The summed E-state index contributed by atoms with van der Waals surface area (Å²) in [5, 5.41) is 23.2. The minimum Gasteiger partial charge on any atom is -0.363 e. The predicted molar refractivity (Wildman–Crippen MR) is 70.5 cm³/mol. The van der Waals surface area contributed by atoms with E-state index in [4.69, 9.17) is 0 Å². The number of hydrogen-bond donors (Lipinski definition) is 2. The standard InChI is InChI=1S/C10H8FN5O3S/c1-12-10-15-14-9(20-10)8(17)13-7-3-2-5(16(18)19)4-6(7)11/h2-4H,1H3,(H,12,15)(H,13,17). The molecule has 2 aromatic rings. The van der Waals surface area contributed by atoms with Crippen molar-refractivity contribution < 1.29 is 14.1 Å². The highest BCUT2D eigenvalue weighted by atomic mass is 32.1. The predicted octanol–water partition coefficient (Wildman–Crippen LogP) is 1.88. The number of benzene rings is 1. The lowest BCUT2D eigenvalue weighted by Crippen LogP contribution is -2.12. The lowest BCUT2D eigenvalue weighted by molar-refractivity contribution is -0.385. The van der Waals surface area contributed by atoms with Crippen molar-refractivity contribution in [3.8, 4) is 0 Å². The molecule has 1 heterocycles. The Hall–Kier alpha value is -2.62. The average Bonchev–Trinajstić information content (AvgIpc) is 2.89.